The van der Waals surface area contributed by atoms with Gasteiger partial charge in [0.2, 0.25) is 0 Å². The maximum atomic E-state index is 4.64. The lowest BCUT2D eigenvalue weighted by atomic mass is 10.2. The Morgan fingerprint density at radius 2 is 1.28 bits per heavy atom. The normalized spacial score (nSPS) is 10.4. The molecule has 0 aliphatic rings. The van der Waals surface area contributed by atoms with Crippen molar-refractivity contribution in [2.24, 2.45) is 0 Å². The number of rotatable bonds is 4. The van der Waals surface area contributed by atoms with Crippen LogP contribution in [0.3, 0.4) is 0 Å². The summed E-state index contributed by atoms with van der Waals surface area (Å²) in [6, 6.07) is 23.2. The summed E-state index contributed by atoms with van der Waals surface area (Å²) >= 11 is 0. The van der Waals surface area contributed by atoms with Crippen LogP contribution in [-0.4, -0.2) is 19.9 Å². The van der Waals surface area contributed by atoms with Gasteiger partial charge in [-0.25, -0.2) is 9.97 Å². The first-order chi connectivity index (χ1) is 12.4. The fourth-order valence-corrected chi connectivity index (χ4v) is 2.44. The lowest BCUT2D eigenvalue weighted by molar-refractivity contribution is 1.13. The molecule has 0 aliphatic heterocycles. The molecule has 0 atom stereocenters. The molecule has 0 fully saturated rings. The first kappa shape index (κ1) is 15.0. The maximum Gasteiger partial charge on any atom is 0.180 e. The van der Waals surface area contributed by atoms with Gasteiger partial charge in [-0.05, 0) is 36.4 Å². The van der Waals surface area contributed by atoms with Crippen LogP contribution in [0.15, 0.2) is 85.2 Å². The molecule has 0 bridgehead atoms. The summed E-state index contributed by atoms with van der Waals surface area (Å²) in [6.45, 7) is 0. The molecule has 0 radical (unpaired) electrons. The Bertz CT molecular complexity index is 899. The van der Waals surface area contributed by atoms with E-state index in [1.807, 2.05) is 72.8 Å². The number of nitrogens with one attached hydrogen (secondary N) is 1. The molecule has 0 amide bonds. The second-order valence-corrected chi connectivity index (χ2v) is 5.38. The number of para-hydroxylation sites is 1. The Morgan fingerprint density at radius 1 is 0.600 bits per heavy atom. The van der Waals surface area contributed by atoms with Gasteiger partial charge in [-0.3, -0.25) is 9.97 Å². The van der Waals surface area contributed by atoms with E-state index in [1.165, 1.54) is 0 Å². The van der Waals surface area contributed by atoms with Crippen LogP contribution in [0.5, 0.6) is 0 Å². The number of hydrogen-bond acceptors (Lipinski definition) is 5. The Kier molecular flexibility index (Phi) is 4.12. The van der Waals surface area contributed by atoms with Gasteiger partial charge >= 0.3 is 0 Å². The minimum atomic E-state index is 0.558. The number of pyridine rings is 2. The van der Waals surface area contributed by atoms with Crippen LogP contribution in [0.4, 0.5) is 11.5 Å². The third-order valence-corrected chi connectivity index (χ3v) is 3.59. The Labute approximate surface area is 145 Å². The van der Waals surface area contributed by atoms with E-state index in [0.29, 0.717) is 11.6 Å². The van der Waals surface area contributed by atoms with Gasteiger partial charge in [0, 0.05) is 24.1 Å². The largest absolute Gasteiger partial charge is 0.340 e. The molecule has 4 rings (SSSR count). The van der Waals surface area contributed by atoms with Crippen LogP contribution in [0.25, 0.3) is 22.9 Å². The van der Waals surface area contributed by atoms with Crippen LogP contribution in [-0.2, 0) is 0 Å². The Morgan fingerprint density at radius 3 is 1.96 bits per heavy atom. The lowest BCUT2D eigenvalue weighted by Gasteiger charge is -2.10. The summed E-state index contributed by atoms with van der Waals surface area (Å²) in [5.74, 6) is 1.25. The summed E-state index contributed by atoms with van der Waals surface area (Å²) < 4.78 is 0. The zero-order chi connectivity index (χ0) is 16.9. The highest BCUT2D eigenvalue weighted by Crippen LogP contribution is 2.24. The molecule has 1 aromatic carbocycles. The minimum Gasteiger partial charge on any atom is -0.340 e. The van der Waals surface area contributed by atoms with Crippen molar-refractivity contribution in [3.05, 3.63) is 85.2 Å². The van der Waals surface area contributed by atoms with Crippen molar-refractivity contribution in [1.82, 2.24) is 19.9 Å². The molecule has 5 heteroatoms. The van der Waals surface area contributed by atoms with Crippen molar-refractivity contribution in [3.8, 4) is 22.9 Å². The molecule has 0 saturated heterocycles. The molecule has 0 unspecified atom stereocenters. The highest BCUT2D eigenvalue weighted by molar-refractivity contribution is 5.67. The van der Waals surface area contributed by atoms with Crippen molar-refractivity contribution in [1.29, 1.82) is 0 Å². The van der Waals surface area contributed by atoms with E-state index in [2.05, 4.69) is 25.3 Å². The van der Waals surface area contributed by atoms with Gasteiger partial charge in [0.25, 0.3) is 0 Å². The number of aromatic nitrogens is 4. The molecular formula is C20H15N5. The third-order valence-electron chi connectivity index (χ3n) is 3.59. The molecule has 0 aliphatic carbocycles. The molecule has 3 aromatic heterocycles. The van der Waals surface area contributed by atoms with Crippen LogP contribution >= 0.6 is 0 Å². The zero-order valence-electron chi connectivity index (χ0n) is 13.4. The topological polar surface area (TPSA) is 63.6 Å². The number of hydrogen-bond donors (Lipinski definition) is 1. The van der Waals surface area contributed by atoms with Crippen molar-refractivity contribution < 1.29 is 0 Å². The smallest absolute Gasteiger partial charge is 0.180 e. The van der Waals surface area contributed by atoms with Crippen LogP contribution in [0.2, 0.25) is 0 Å². The van der Waals surface area contributed by atoms with E-state index in [1.54, 1.807) is 12.4 Å². The van der Waals surface area contributed by atoms with E-state index in [9.17, 15) is 0 Å². The van der Waals surface area contributed by atoms with Gasteiger partial charge < -0.3 is 5.32 Å². The summed E-state index contributed by atoms with van der Waals surface area (Å²) in [7, 11) is 0. The number of anilines is 2. The van der Waals surface area contributed by atoms with E-state index < -0.39 is 0 Å². The molecule has 5 nitrogen and oxygen atoms in total. The summed E-state index contributed by atoms with van der Waals surface area (Å²) in [5, 5.41) is 3.32. The van der Waals surface area contributed by atoms with Crippen molar-refractivity contribution in [2.75, 3.05) is 5.32 Å². The van der Waals surface area contributed by atoms with Gasteiger partial charge in [-0.1, -0.05) is 30.3 Å². The summed E-state index contributed by atoms with van der Waals surface area (Å²) in [6.07, 6.45) is 3.48. The zero-order valence-corrected chi connectivity index (χ0v) is 13.4. The number of nitrogens with zero attached hydrogens (tertiary/aromatic N) is 4. The molecule has 0 spiro atoms. The van der Waals surface area contributed by atoms with Crippen molar-refractivity contribution in [3.63, 3.8) is 0 Å². The fraction of sp³-hybridized carbons (Fsp3) is 0. The summed E-state index contributed by atoms with van der Waals surface area (Å²) in [4.78, 5) is 18.0. The van der Waals surface area contributed by atoms with Gasteiger partial charge in [0.1, 0.15) is 11.5 Å². The van der Waals surface area contributed by atoms with Crippen LogP contribution in [0.1, 0.15) is 0 Å². The molecule has 3 heterocycles. The van der Waals surface area contributed by atoms with Gasteiger partial charge in [-0.15, -0.1) is 0 Å². The molecule has 1 N–H and O–H groups in total. The first-order valence-corrected chi connectivity index (χ1v) is 7.92. The average Bonchev–Trinajstić information content (AvgIpc) is 2.70. The van der Waals surface area contributed by atoms with E-state index in [4.69, 9.17) is 0 Å². The molecule has 25 heavy (non-hydrogen) atoms. The standard InChI is InChI=1S/C20H15N5/c1-2-8-15(9-3-1)23-19-14-18(16-10-4-6-12-21-16)24-20(25-19)17-11-5-7-13-22-17/h1-14H,(H,23,24,25). The molecule has 4 aromatic rings. The van der Waals surface area contributed by atoms with Crippen LogP contribution in [0, 0.1) is 0 Å². The second kappa shape index (κ2) is 6.88. The third kappa shape index (κ3) is 3.50. The monoisotopic (exact) mass is 325 g/mol. The Balaban J connectivity index is 1.80. The molecule has 120 valence electrons. The molecule has 0 saturated carbocycles. The Hall–Kier alpha value is -3.60. The van der Waals surface area contributed by atoms with Crippen molar-refractivity contribution in [2.45, 2.75) is 0 Å². The minimum absolute atomic E-state index is 0.558. The van der Waals surface area contributed by atoms with E-state index in [0.717, 1.165) is 22.8 Å². The van der Waals surface area contributed by atoms with Gasteiger partial charge in [0.15, 0.2) is 5.82 Å². The highest BCUT2D eigenvalue weighted by atomic mass is 15.0. The SMILES string of the molecule is c1ccc(Nc2cc(-c3ccccn3)nc(-c3ccccn3)n2)cc1. The predicted molar refractivity (Wildman–Crippen MR) is 98.2 cm³/mol. The van der Waals surface area contributed by atoms with Gasteiger partial charge in [-0.2, -0.15) is 0 Å². The fourth-order valence-electron chi connectivity index (χ4n) is 2.44. The van der Waals surface area contributed by atoms with E-state index >= 15 is 0 Å². The summed E-state index contributed by atoms with van der Waals surface area (Å²) in [5.41, 5.74) is 3.21. The highest BCUT2D eigenvalue weighted by Gasteiger charge is 2.10. The number of benzene rings is 1. The second-order valence-electron chi connectivity index (χ2n) is 5.38. The quantitative estimate of drug-likeness (QED) is 0.604. The predicted octanol–water partition coefficient (Wildman–Crippen LogP) is 4.34. The molecular weight excluding hydrogens is 310 g/mol. The first-order valence-electron chi connectivity index (χ1n) is 7.92. The van der Waals surface area contributed by atoms with E-state index in [-0.39, 0.29) is 0 Å². The van der Waals surface area contributed by atoms with Gasteiger partial charge in [0.05, 0.1) is 11.4 Å². The van der Waals surface area contributed by atoms with Crippen molar-refractivity contribution >= 4 is 11.5 Å². The lowest BCUT2D eigenvalue weighted by Crippen LogP contribution is -2.00. The van der Waals surface area contributed by atoms with Crippen LogP contribution < -0.4 is 5.32 Å². The maximum absolute atomic E-state index is 4.64. The average molecular weight is 325 g/mol.